The first kappa shape index (κ1) is 18.8. The number of unbranched alkanes of at least 4 members (excludes halogenated alkanes) is 2. The highest BCUT2D eigenvalue weighted by Crippen LogP contribution is 2.39. The highest BCUT2D eigenvalue weighted by atomic mass is 16.7. The number of benzene rings is 2. The largest absolute Gasteiger partial charge is 0.505 e. The van der Waals surface area contributed by atoms with Gasteiger partial charge >= 0.3 is 5.97 Å². The Hall–Kier alpha value is -3.55. The number of aromatic nitrogens is 3. The smallest absolute Gasteiger partial charge is 0.330 e. The van der Waals surface area contributed by atoms with Crippen LogP contribution in [0.4, 0.5) is 0 Å². The predicted octanol–water partition coefficient (Wildman–Crippen LogP) is 3.60. The van der Waals surface area contributed by atoms with E-state index in [4.69, 9.17) is 14.6 Å². The van der Waals surface area contributed by atoms with Crippen molar-refractivity contribution in [3.05, 3.63) is 47.5 Å². The van der Waals surface area contributed by atoms with Crippen LogP contribution in [0.15, 0.2) is 42.0 Å². The van der Waals surface area contributed by atoms with Crippen molar-refractivity contribution in [1.29, 1.82) is 0 Å². The number of ether oxygens (including phenoxy) is 2. The molecule has 0 unspecified atom stereocenters. The molecule has 0 aliphatic carbocycles. The first-order chi connectivity index (χ1) is 14.0. The third-order valence-corrected chi connectivity index (χ3v) is 4.84. The van der Waals surface area contributed by atoms with Crippen molar-refractivity contribution in [1.82, 2.24) is 15.0 Å². The highest BCUT2D eigenvalue weighted by molar-refractivity contribution is 5.85. The third-order valence-electron chi connectivity index (χ3n) is 4.84. The van der Waals surface area contributed by atoms with Gasteiger partial charge < -0.3 is 19.7 Å². The number of rotatable bonds is 7. The Morgan fingerprint density at radius 1 is 1.14 bits per heavy atom. The van der Waals surface area contributed by atoms with Crippen molar-refractivity contribution >= 4 is 17.0 Å². The number of hydrogen-bond donors (Lipinski definition) is 2. The number of carbonyl (C=O) groups is 1. The van der Waals surface area contributed by atoms with Crippen LogP contribution in [-0.4, -0.2) is 38.0 Å². The van der Waals surface area contributed by atoms with Crippen molar-refractivity contribution < 1.29 is 24.5 Å². The van der Waals surface area contributed by atoms with Crippen LogP contribution in [0.25, 0.3) is 16.7 Å². The van der Waals surface area contributed by atoms with Crippen LogP contribution in [0.1, 0.15) is 31.7 Å². The molecular weight excluding hydrogens is 374 g/mol. The number of hydrogen-bond acceptors (Lipinski definition) is 6. The number of phenols is 1. The van der Waals surface area contributed by atoms with E-state index in [9.17, 15) is 9.90 Å². The van der Waals surface area contributed by atoms with Gasteiger partial charge in [-0.15, -0.1) is 15.0 Å². The quantitative estimate of drug-likeness (QED) is 0.465. The van der Waals surface area contributed by atoms with Gasteiger partial charge in [0.2, 0.25) is 6.79 Å². The molecule has 0 atom stereocenters. The fourth-order valence-corrected chi connectivity index (χ4v) is 3.18. The monoisotopic (exact) mass is 395 g/mol. The molecule has 1 aromatic heterocycles. The summed E-state index contributed by atoms with van der Waals surface area (Å²) < 4.78 is 10.6. The average Bonchev–Trinajstić information content (AvgIpc) is 3.32. The lowest BCUT2D eigenvalue weighted by molar-refractivity contribution is -0.132. The Bertz CT molecular complexity index is 1100. The summed E-state index contributed by atoms with van der Waals surface area (Å²) >= 11 is 0. The Morgan fingerprint density at radius 2 is 1.90 bits per heavy atom. The van der Waals surface area contributed by atoms with Crippen molar-refractivity contribution in [2.24, 2.45) is 0 Å². The second-order valence-corrected chi connectivity index (χ2v) is 6.94. The summed E-state index contributed by atoms with van der Waals surface area (Å²) in [5.41, 5.74) is 3.41. The number of aryl methyl sites for hydroxylation is 1. The Kier molecular flexibility index (Phi) is 5.07. The number of fused-ring (bicyclic) bond motifs is 2. The molecule has 0 bridgehead atoms. The molecular formula is C21H21N3O5. The molecule has 0 fully saturated rings. The van der Waals surface area contributed by atoms with Crippen molar-refractivity contribution in [3.63, 3.8) is 0 Å². The second kappa shape index (κ2) is 7.83. The van der Waals surface area contributed by atoms with Crippen LogP contribution >= 0.6 is 0 Å². The normalized spacial score (nSPS) is 13.2. The second-order valence-electron chi connectivity index (χ2n) is 6.94. The maximum Gasteiger partial charge on any atom is 0.330 e. The maximum atomic E-state index is 10.8. The van der Waals surface area contributed by atoms with E-state index in [1.54, 1.807) is 19.1 Å². The lowest BCUT2D eigenvalue weighted by atomic mass is 10.1. The lowest BCUT2D eigenvalue weighted by Gasteiger charge is -2.04. The van der Waals surface area contributed by atoms with Crippen molar-refractivity contribution in [2.45, 2.75) is 32.6 Å². The molecule has 0 saturated carbocycles. The van der Waals surface area contributed by atoms with E-state index in [1.165, 1.54) is 10.9 Å². The van der Waals surface area contributed by atoms with E-state index in [0.29, 0.717) is 22.8 Å². The molecule has 29 heavy (non-hydrogen) atoms. The van der Waals surface area contributed by atoms with Gasteiger partial charge in [-0.1, -0.05) is 12.1 Å². The van der Waals surface area contributed by atoms with Gasteiger partial charge in [-0.05, 0) is 50.3 Å². The number of aliphatic carboxylic acids is 1. The molecule has 0 radical (unpaired) electrons. The fraction of sp³-hybridized carbons (Fsp3) is 0.286. The van der Waals surface area contributed by atoms with E-state index >= 15 is 0 Å². The summed E-state index contributed by atoms with van der Waals surface area (Å²) in [4.78, 5) is 12.2. The molecule has 2 N–H and O–H groups in total. The molecule has 0 amide bonds. The first-order valence-corrected chi connectivity index (χ1v) is 9.40. The van der Waals surface area contributed by atoms with Gasteiger partial charge in [-0.2, -0.15) is 0 Å². The molecule has 4 rings (SSSR count). The Labute approximate surface area is 167 Å². The van der Waals surface area contributed by atoms with Gasteiger partial charge in [0, 0.05) is 17.7 Å². The van der Waals surface area contributed by atoms with E-state index in [0.717, 1.165) is 42.3 Å². The Balaban J connectivity index is 1.46. The summed E-state index contributed by atoms with van der Waals surface area (Å²) in [6.45, 7) is 1.74. The van der Waals surface area contributed by atoms with Gasteiger partial charge in [0.25, 0.3) is 0 Å². The third kappa shape index (κ3) is 4.01. The minimum Gasteiger partial charge on any atom is -0.505 e. The lowest BCUT2D eigenvalue weighted by Crippen LogP contribution is -1.99. The van der Waals surface area contributed by atoms with Gasteiger partial charge in [0.15, 0.2) is 11.5 Å². The number of nitrogens with zero attached hydrogens (tertiary/aromatic N) is 3. The van der Waals surface area contributed by atoms with Crippen LogP contribution in [0.3, 0.4) is 0 Å². The number of allylic oxidation sites excluding steroid dienone is 1. The zero-order valence-electron chi connectivity index (χ0n) is 16.0. The van der Waals surface area contributed by atoms with Crippen LogP contribution in [0.5, 0.6) is 17.2 Å². The number of carboxylic acid groups (broad SMARTS) is 1. The van der Waals surface area contributed by atoms with E-state index in [2.05, 4.69) is 10.2 Å². The topological polar surface area (TPSA) is 107 Å². The van der Waals surface area contributed by atoms with Gasteiger partial charge in [-0.3, -0.25) is 0 Å². The summed E-state index contributed by atoms with van der Waals surface area (Å²) in [6.07, 6.45) is 5.25. The van der Waals surface area contributed by atoms with Gasteiger partial charge in [0.05, 0.1) is 0 Å². The van der Waals surface area contributed by atoms with Crippen molar-refractivity contribution in [2.75, 3.05) is 6.79 Å². The molecule has 0 saturated heterocycles. The van der Waals surface area contributed by atoms with E-state index < -0.39 is 5.97 Å². The van der Waals surface area contributed by atoms with Crippen LogP contribution in [-0.2, 0) is 11.2 Å². The maximum absolute atomic E-state index is 10.8. The van der Waals surface area contributed by atoms with Gasteiger partial charge in [-0.25, -0.2) is 4.79 Å². The fourth-order valence-electron chi connectivity index (χ4n) is 3.18. The zero-order valence-corrected chi connectivity index (χ0v) is 16.0. The Morgan fingerprint density at radius 3 is 2.69 bits per heavy atom. The molecule has 3 aromatic rings. The molecule has 2 heterocycles. The highest BCUT2D eigenvalue weighted by Gasteiger charge is 2.19. The first-order valence-electron chi connectivity index (χ1n) is 9.40. The van der Waals surface area contributed by atoms with Crippen LogP contribution < -0.4 is 9.47 Å². The molecule has 150 valence electrons. The predicted molar refractivity (Wildman–Crippen MR) is 106 cm³/mol. The minimum absolute atomic E-state index is 0.0134. The van der Waals surface area contributed by atoms with Crippen molar-refractivity contribution in [3.8, 4) is 22.9 Å². The molecule has 0 spiro atoms. The molecule has 8 nitrogen and oxygen atoms in total. The van der Waals surface area contributed by atoms with Crippen LogP contribution in [0.2, 0.25) is 0 Å². The molecule has 1 aliphatic rings. The summed E-state index contributed by atoms with van der Waals surface area (Å²) in [6, 6.07) is 9.06. The van der Waals surface area contributed by atoms with E-state index in [-0.39, 0.29) is 12.5 Å². The number of phenolic OH excluding ortho intramolecular Hbond substituents is 1. The minimum atomic E-state index is -0.868. The SMILES string of the molecule is CC(=CCCCCc1ccc2nn(-c3cc4c(cc3O)OCO4)nc2c1)C(=O)O. The number of aromatic hydroxyl groups is 1. The number of carboxylic acids is 1. The molecule has 1 aliphatic heterocycles. The molecule has 8 heteroatoms. The van der Waals surface area contributed by atoms with Gasteiger partial charge in [0.1, 0.15) is 22.5 Å². The standard InChI is InChI=1S/C21H21N3O5/c1-13(21(26)27)5-3-2-4-6-14-7-8-15-16(9-14)23-24(22-15)17-10-19-20(11-18(17)25)29-12-28-19/h5,7-11,25H,2-4,6,12H2,1H3,(H,26,27). The van der Waals surface area contributed by atoms with E-state index in [1.807, 2.05) is 18.2 Å². The summed E-state index contributed by atoms with van der Waals surface area (Å²) in [5, 5.41) is 28.1. The average molecular weight is 395 g/mol. The molecule has 2 aromatic carbocycles. The zero-order chi connectivity index (χ0) is 20.4. The summed E-state index contributed by atoms with van der Waals surface area (Å²) in [5.74, 6) is 0.192. The van der Waals surface area contributed by atoms with Crippen LogP contribution in [0, 0.1) is 0 Å². The summed E-state index contributed by atoms with van der Waals surface area (Å²) in [7, 11) is 0.